The molecule has 0 unspecified atom stereocenters. The van der Waals surface area contributed by atoms with E-state index in [2.05, 4.69) is 9.97 Å². The number of hydrogen-bond donors (Lipinski definition) is 1. The molecule has 1 N–H and O–H groups in total. The normalized spacial score (nSPS) is 11.4. The van der Waals surface area contributed by atoms with Crippen LogP contribution in [0.2, 0.25) is 0 Å². The summed E-state index contributed by atoms with van der Waals surface area (Å²) in [5, 5.41) is 0.542. The van der Waals surface area contributed by atoms with Gasteiger partial charge in [0.15, 0.2) is 0 Å². The minimum atomic E-state index is -0.578. The van der Waals surface area contributed by atoms with E-state index < -0.39 is 11.6 Å². The summed E-state index contributed by atoms with van der Waals surface area (Å²) in [6, 6.07) is 15.5. The molecule has 7 heteroatoms. The predicted octanol–water partition coefficient (Wildman–Crippen LogP) is 4.95. The molecule has 0 bridgehead atoms. The van der Waals surface area contributed by atoms with Gasteiger partial charge in [-0.3, -0.25) is 9.69 Å². The molecule has 148 valence electrons. The monoisotopic (exact) mass is 411 g/mol. The van der Waals surface area contributed by atoms with Crippen molar-refractivity contribution >= 4 is 21.6 Å². The van der Waals surface area contributed by atoms with Crippen molar-refractivity contribution in [2.24, 2.45) is 0 Å². The number of nitrogens with zero attached hydrogens (tertiary/aromatic N) is 2. The molecule has 0 radical (unpaired) electrons. The van der Waals surface area contributed by atoms with Gasteiger partial charge in [-0.15, -0.1) is 11.3 Å². The largest absolute Gasteiger partial charge is 0.309 e. The van der Waals surface area contributed by atoms with E-state index in [1.165, 1.54) is 29.5 Å². The van der Waals surface area contributed by atoms with E-state index in [-0.39, 0.29) is 24.2 Å². The maximum Gasteiger partial charge on any atom is 0.259 e. The Hall–Kier alpha value is -2.90. The average Bonchev–Trinajstić information content (AvgIpc) is 3.15. The summed E-state index contributed by atoms with van der Waals surface area (Å²) in [7, 11) is 0. The van der Waals surface area contributed by atoms with Gasteiger partial charge in [0, 0.05) is 17.0 Å². The van der Waals surface area contributed by atoms with Crippen LogP contribution >= 0.6 is 11.3 Å². The highest BCUT2D eigenvalue weighted by Gasteiger charge is 2.15. The Balaban J connectivity index is 1.62. The van der Waals surface area contributed by atoms with Crippen LogP contribution in [-0.4, -0.2) is 21.4 Å². The van der Waals surface area contributed by atoms with Crippen LogP contribution in [0.3, 0.4) is 0 Å². The number of H-pyrrole nitrogens is 1. The average molecular weight is 411 g/mol. The van der Waals surface area contributed by atoms with E-state index in [4.69, 9.17) is 0 Å². The molecule has 0 spiro atoms. The minimum absolute atomic E-state index is 0.0141. The molecule has 0 saturated carbocycles. The van der Waals surface area contributed by atoms with Crippen molar-refractivity contribution in [1.82, 2.24) is 14.9 Å². The van der Waals surface area contributed by atoms with Crippen LogP contribution < -0.4 is 5.56 Å². The Labute approximate surface area is 170 Å². The Kier molecular flexibility index (Phi) is 5.51. The first-order valence-corrected chi connectivity index (χ1v) is 10.1. The van der Waals surface area contributed by atoms with Gasteiger partial charge in [0.25, 0.3) is 5.56 Å². The number of rotatable bonds is 6. The molecule has 0 saturated heterocycles. The smallest absolute Gasteiger partial charge is 0.259 e. The molecule has 2 aromatic heterocycles. The van der Waals surface area contributed by atoms with Crippen molar-refractivity contribution < 1.29 is 8.78 Å². The quantitative estimate of drug-likeness (QED) is 0.488. The molecule has 0 fully saturated rings. The van der Waals surface area contributed by atoms with Crippen LogP contribution in [0.1, 0.15) is 18.3 Å². The third-order valence-corrected chi connectivity index (χ3v) is 5.85. The molecule has 0 aliphatic rings. The van der Waals surface area contributed by atoms with Crippen LogP contribution in [0.25, 0.3) is 20.7 Å². The van der Waals surface area contributed by atoms with Gasteiger partial charge in [-0.25, -0.2) is 13.8 Å². The summed E-state index contributed by atoms with van der Waals surface area (Å²) >= 11 is 1.45. The van der Waals surface area contributed by atoms with Gasteiger partial charge >= 0.3 is 0 Å². The van der Waals surface area contributed by atoms with Crippen LogP contribution in [-0.2, 0) is 13.1 Å². The second-order valence-electron chi connectivity index (χ2n) is 6.71. The molecule has 4 rings (SSSR count). The predicted molar refractivity (Wildman–Crippen MR) is 112 cm³/mol. The van der Waals surface area contributed by atoms with E-state index >= 15 is 0 Å². The van der Waals surface area contributed by atoms with E-state index in [1.54, 1.807) is 0 Å². The third kappa shape index (κ3) is 4.11. The van der Waals surface area contributed by atoms with Crippen LogP contribution in [0.4, 0.5) is 8.78 Å². The second-order valence-corrected chi connectivity index (χ2v) is 7.74. The summed E-state index contributed by atoms with van der Waals surface area (Å²) < 4.78 is 28.0. The fourth-order valence-electron chi connectivity index (χ4n) is 3.19. The van der Waals surface area contributed by atoms with Crippen molar-refractivity contribution in [1.29, 1.82) is 0 Å². The van der Waals surface area contributed by atoms with Crippen LogP contribution in [0.5, 0.6) is 0 Å². The molecule has 2 heterocycles. The van der Waals surface area contributed by atoms with Crippen molar-refractivity contribution in [3.05, 3.63) is 88.0 Å². The summed E-state index contributed by atoms with van der Waals surface area (Å²) in [5.74, 6) is -0.681. The minimum Gasteiger partial charge on any atom is -0.309 e. The fourth-order valence-corrected chi connectivity index (χ4v) is 4.25. The van der Waals surface area contributed by atoms with Gasteiger partial charge in [0.2, 0.25) is 0 Å². The number of fused-ring (bicyclic) bond motifs is 1. The van der Waals surface area contributed by atoms with Crippen molar-refractivity contribution in [2.75, 3.05) is 6.54 Å². The van der Waals surface area contributed by atoms with Crippen LogP contribution in [0, 0.1) is 11.6 Å². The lowest BCUT2D eigenvalue weighted by Crippen LogP contribution is -2.26. The molecule has 0 aliphatic heterocycles. The zero-order valence-corrected chi connectivity index (χ0v) is 16.6. The summed E-state index contributed by atoms with van der Waals surface area (Å²) in [6.07, 6.45) is 0. The van der Waals surface area contributed by atoms with E-state index in [0.717, 1.165) is 10.4 Å². The highest BCUT2D eigenvalue weighted by Crippen LogP contribution is 2.30. The first-order valence-electron chi connectivity index (χ1n) is 9.28. The molecule has 29 heavy (non-hydrogen) atoms. The van der Waals surface area contributed by atoms with Gasteiger partial charge in [0.1, 0.15) is 22.3 Å². The molecule has 0 aliphatic carbocycles. The fraction of sp³-hybridized carbons (Fsp3) is 0.182. The number of aromatic nitrogens is 2. The summed E-state index contributed by atoms with van der Waals surface area (Å²) in [5.41, 5.74) is 0.832. The molecular formula is C22H19F2N3OS. The van der Waals surface area contributed by atoms with Crippen molar-refractivity contribution in [3.63, 3.8) is 0 Å². The number of thiophene rings is 1. The van der Waals surface area contributed by atoms with E-state index in [9.17, 15) is 13.6 Å². The maximum absolute atomic E-state index is 14.0. The number of hydrogen-bond acceptors (Lipinski definition) is 4. The number of nitrogens with one attached hydrogen (secondary N) is 1. The highest BCUT2D eigenvalue weighted by molar-refractivity contribution is 7.21. The maximum atomic E-state index is 14.0. The standard InChI is InChI=1S/C22H19F2N3OS/c1-2-27(12-16-17(23)9-6-10-18(16)24)13-20-25-21(28)15-11-19(29-22(15)26-20)14-7-4-3-5-8-14/h3-11H,2,12-13H2,1H3,(H,25,26,28). The Morgan fingerprint density at radius 2 is 1.76 bits per heavy atom. The summed E-state index contributed by atoms with van der Waals surface area (Å²) in [4.78, 5) is 23.4. The van der Waals surface area contributed by atoms with Crippen LogP contribution in [0.15, 0.2) is 59.4 Å². The first-order chi connectivity index (χ1) is 14.0. The first kappa shape index (κ1) is 19.4. The number of benzene rings is 2. The van der Waals surface area contributed by atoms with Gasteiger partial charge < -0.3 is 4.98 Å². The van der Waals surface area contributed by atoms with Crippen molar-refractivity contribution in [3.8, 4) is 10.4 Å². The molecular weight excluding hydrogens is 392 g/mol. The van der Waals surface area contributed by atoms with Gasteiger partial charge in [0.05, 0.1) is 11.9 Å². The molecule has 4 aromatic rings. The number of halogens is 2. The van der Waals surface area contributed by atoms with Gasteiger partial charge in [-0.2, -0.15) is 0 Å². The Bertz CT molecular complexity index is 1180. The molecule has 0 atom stereocenters. The molecule has 2 aromatic carbocycles. The zero-order chi connectivity index (χ0) is 20.4. The highest BCUT2D eigenvalue weighted by atomic mass is 32.1. The summed E-state index contributed by atoms with van der Waals surface area (Å²) in [6.45, 7) is 2.83. The molecule has 4 nitrogen and oxygen atoms in total. The Morgan fingerprint density at radius 1 is 1.03 bits per heavy atom. The van der Waals surface area contributed by atoms with Gasteiger partial charge in [-0.1, -0.05) is 43.3 Å². The lowest BCUT2D eigenvalue weighted by molar-refractivity contribution is 0.256. The second kappa shape index (κ2) is 8.23. The zero-order valence-electron chi connectivity index (χ0n) is 15.8. The SMILES string of the molecule is CCN(Cc1nc2sc(-c3ccccc3)cc2c(=O)[nH]1)Cc1c(F)cccc1F. The van der Waals surface area contributed by atoms with E-state index in [1.807, 2.05) is 48.2 Å². The lowest BCUT2D eigenvalue weighted by Gasteiger charge is -2.20. The van der Waals surface area contributed by atoms with E-state index in [0.29, 0.717) is 22.6 Å². The molecule has 0 amide bonds. The number of aromatic amines is 1. The lowest BCUT2D eigenvalue weighted by atomic mass is 10.2. The third-order valence-electron chi connectivity index (χ3n) is 4.77. The van der Waals surface area contributed by atoms with Crippen molar-refractivity contribution in [2.45, 2.75) is 20.0 Å². The van der Waals surface area contributed by atoms with Gasteiger partial charge in [-0.05, 0) is 30.3 Å². The topological polar surface area (TPSA) is 49.0 Å². The Morgan fingerprint density at radius 3 is 2.45 bits per heavy atom.